The van der Waals surface area contributed by atoms with Gasteiger partial charge in [-0.2, -0.15) is 0 Å². The maximum atomic E-state index is 12.4. The van der Waals surface area contributed by atoms with E-state index in [4.69, 9.17) is 4.74 Å². The molecule has 1 aromatic carbocycles. The molecule has 2 aliphatic rings. The summed E-state index contributed by atoms with van der Waals surface area (Å²) >= 11 is 0. The second-order valence-electron chi connectivity index (χ2n) is 6.51. The molecule has 3 amide bonds. The Morgan fingerprint density at radius 3 is 2.80 bits per heavy atom. The van der Waals surface area contributed by atoms with Gasteiger partial charge in [-0.05, 0) is 18.4 Å². The second kappa shape index (κ2) is 8.00. The molecule has 3 rings (SSSR count). The largest absolute Gasteiger partial charge is 0.445 e. The van der Waals surface area contributed by atoms with Crippen molar-refractivity contribution in [2.75, 3.05) is 19.6 Å². The molecule has 2 N–H and O–H groups in total. The van der Waals surface area contributed by atoms with Crippen molar-refractivity contribution in [1.29, 1.82) is 0 Å². The van der Waals surface area contributed by atoms with Gasteiger partial charge in [-0.1, -0.05) is 30.3 Å². The minimum absolute atomic E-state index is 0.0197. The Morgan fingerprint density at radius 2 is 2.08 bits per heavy atom. The summed E-state index contributed by atoms with van der Waals surface area (Å²) in [4.78, 5) is 37.4. The molecular weight excluding hydrogens is 322 g/mol. The quantitative estimate of drug-likeness (QED) is 0.835. The van der Waals surface area contributed by atoms with E-state index < -0.39 is 12.1 Å². The van der Waals surface area contributed by atoms with Crippen LogP contribution in [0.2, 0.25) is 0 Å². The van der Waals surface area contributed by atoms with E-state index in [2.05, 4.69) is 10.6 Å². The van der Waals surface area contributed by atoms with Crippen molar-refractivity contribution in [1.82, 2.24) is 15.5 Å². The van der Waals surface area contributed by atoms with Crippen molar-refractivity contribution in [3.63, 3.8) is 0 Å². The Kier molecular flexibility index (Phi) is 5.53. The van der Waals surface area contributed by atoms with Gasteiger partial charge in [-0.25, -0.2) is 4.79 Å². The van der Waals surface area contributed by atoms with Gasteiger partial charge in [0, 0.05) is 32.0 Å². The molecule has 2 heterocycles. The SMILES string of the molecule is O=C1C[C@H](CNC(=O)[C@@H]2CCCN2C(=O)OCc2ccccc2)CN1. The molecule has 0 aliphatic carbocycles. The molecular formula is C18H23N3O4. The van der Waals surface area contributed by atoms with Gasteiger partial charge < -0.3 is 15.4 Å². The van der Waals surface area contributed by atoms with E-state index >= 15 is 0 Å². The lowest BCUT2D eigenvalue weighted by atomic mass is 10.1. The normalized spacial score (nSPS) is 22.6. The number of carbonyl (C=O) groups is 3. The number of amides is 3. The highest BCUT2D eigenvalue weighted by atomic mass is 16.6. The lowest BCUT2D eigenvalue weighted by molar-refractivity contribution is -0.125. The van der Waals surface area contributed by atoms with Gasteiger partial charge in [-0.15, -0.1) is 0 Å². The molecule has 0 spiro atoms. The monoisotopic (exact) mass is 345 g/mol. The van der Waals surface area contributed by atoms with Gasteiger partial charge in [0.2, 0.25) is 11.8 Å². The molecule has 7 nitrogen and oxygen atoms in total. The molecule has 0 aromatic heterocycles. The summed E-state index contributed by atoms with van der Waals surface area (Å²) < 4.78 is 5.34. The molecule has 2 fully saturated rings. The summed E-state index contributed by atoms with van der Waals surface area (Å²) in [5, 5.41) is 5.61. The molecule has 0 bridgehead atoms. The minimum atomic E-state index is -0.492. The van der Waals surface area contributed by atoms with E-state index in [0.717, 1.165) is 12.0 Å². The Morgan fingerprint density at radius 1 is 1.28 bits per heavy atom. The van der Waals surface area contributed by atoms with Crippen molar-refractivity contribution in [2.24, 2.45) is 5.92 Å². The van der Waals surface area contributed by atoms with Crippen molar-refractivity contribution < 1.29 is 19.1 Å². The predicted molar refractivity (Wildman–Crippen MR) is 90.5 cm³/mol. The van der Waals surface area contributed by atoms with Gasteiger partial charge >= 0.3 is 6.09 Å². The third-order valence-corrected chi connectivity index (χ3v) is 4.62. The summed E-state index contributed by atoms with van der Waals surface area (Å²) in [6.07, 6.45) is 1.39. The molecule has 2 saturated heterocycles. The van der Waals surface area contributed by atoms with Crippen molar-refractivity contribution in [3.05, 3.63) is 35.9 Å². The van der Waals surface area contributed by atoms with E-state index in [1.54, 1.807) is 0 Å². The fraction of sp³-hybridized carbons (Fsp3) is 0.500. The number of nitrogens with one attached hydrogen (secondary N) is 2. The summed E-state index contributed by atoms with van der Waals surface area (Å²) in [5.74, 6) is -0.0314. The average molecular weight is 345 g/mol. The van der Waals surface area contributed by atoms with Crippen LogP contribution in [0.3, 0.4) is 0 Å². The van der Waals surface area contributed by atoms with Crippen LogP contribution in [0.1, 0.15) is 24.8 Å². The number of hydrogen-bond donors (Lipinski definition) is 2. The highest BCUT2D eigenvalue weighted by molar-refractivity contribution is 5.86. The summed E-state index contributed by atoms with van der Waals surface area (Å²) in [6.45, 7) is 1.75. The number of hydrogen-bond acceptors (Lipinski definition) is 4. The van der Waals surface area contributed by atoms with E-state index in [1.807, 2.05) is 30.3 Å². The van der Waals surface area contributed by atoms with E-state index in [0.29, 0.717) is 32.5 Å². The molecule has 134 valence electrons. The van der Waals surface area contributed by atoms with Crippen LogP contribution < -0.4 is 10.6 Å². The maximum Gasteiger partial charge on any atom is 0.410 e. The van der Waals surface area contributed by atoms with Crippen LogP contribution >= 0.6 is 0 Å². The first-order valence-electron chi connectivity index (χ1n) is 8.65. The highest BCUT2D eigenvalue weighted by Crippen LogP contribution is 2.19. The Balaban J connectivity index is 1.48. The van der Waals surface area contributed by atoms with Crippen LogP contribution in [0.5, 0.6) is 0 Å². The van der Waals surface area contributed by atoms with Crippen LogP contribution in [0.4, 0.5) is 4.79 Å². The lowest BCUT2D eigenvalue weighted by Crippen LogP contribution is -2.47. The molecule has 0 unspecified atom stereocenters. The van der Waals surface area contributed by atoms with Crippen molar-refractivity contribution in [2.45, 2.75) is 31.9 Å². The van der Waals surface area contributed by atoms with Crippen LogP contribution in [0.15, 0.2) is 30.3 Å². The molecule has 0 saturated carbocycles. The summed E-state index contributed by atoms with van der Waals surface area (Å²) in [7, 11) is 0. The van der Waals surface area contributed by atoms with Gasteiger partial charge in [0.15, 0.2) is 0 Å². The van der Waals surface area contributed by atoms with Gasteiger partial charge in [-0.3, -0.25) is 14.5 Å². The molecule has 1 aromatic rings. The van der Waals surface area contributed by atoms with E-state index in [1.165, 1.54) is 4.90 Å². The van der Waals surface area contributed by atoms with Gasteiger partial charge in [0.1, 0.15) is 12.6 Å². The van der Waals surface area contributed by atoms with Gasteiger partial charge in [0.25, 0.3) is 0 Å². The van der Waals surface area contributed by atoms with E-state index in [-0.39, 0.29) is 24.3 Å². The lowest BCUT2D eigenvalue weighted by Gasteiger charge is -2.23. The summed E-state index contributed by atoms with van der Waals surface area (Å²) in [5.41, 5.74) is 0.912. The first-order valence-corrected chi connectivity index (χ1v) is 8.65. The zero-order chi connectivity index (χ0) is 17.6. The number of ether oxygens (including phenoxy) is 1. The number of nitrogens with zero attached hydrogens (tertiary/aromatic N) is 1. The van der Waals surface area contributed by atoms with Crippen LogP contribution in [-0.2, 0) is 20.9 Å². The topological polar surface area (TPSA) is 87.7 Å². The number of carbonyl (C=O) groups excluding carboxylic acids is 3. The third-order valence-electron chi connectivity index (χ3n) is 4.62. The molecule has 0 radical (unpaired) electrons. The minimum Gasteiger partial charge on any atom is -0.445 e. The number of benzene rings is 1. The smallest absolute Gasteiger partial charge is 0.410 e. The standard InChI is InChI=1S/C18H23N3O4/c22-16-9-14(10-19-16)11-20-17(23)15-7-4-8-21(15)18(24)25-12-13-5-2-1-3-6-13/h1-3,5-6,14-15H,4,7-12H2,(H,19,22)(H,20,23)/t14-,15-/m0/s1. The Labute approximate surface area is 146 Å². The second-order valence-corrected chi connectivity index (χ2v) is 6.51. The zero-order valence-corrected chi connectivity index (χ0v) is 14.1. The van der Waals surface area contributed by atoms with Crippen LogP contribution in [0.25, 0.3) is 0 Å². The highest BCUT2D eigenvalue weighted by Gasteiger charge is 2.35. The van der Waals surface area contributed by atoms with Crippen molar-refractivity contribution in [3.8, 4) is 0 Å². The first kappa shape index (κ1) is 17.3. The molecule has 7 heteroatoms. The zero-order valence-electron chi connectivity index (χ0n) is 14.1. The van der Waals surface area contributed by atoms with Crippen molar-refractivity contribution >= 4 is 17.9 Å². The van der Waals surface area contributed by atoms with E-state index in [9.17, 15) is 14.4 Å². The fourth-order valence-electron chi connectivity index (χ4n) is 3.23. The van der Waals surface area contributed by atoms with Crippen LogP contribution in [-0.4, -0.2) is 48.5 Å². The average Bonchev–Trinajstić information content (AvgIpc) is 3.27. The first-order chi connectivity index (χ1) is 12.1. The number of likely N-dealkylation sites (tertiary alicyclic amines) is 1. The molecule has 2 aliphatic heterocycles. The fourth-order valence-corrected chi connectivity index (χ4v) is 3.23. The third kappa shape index (κ3) is 4.49. The molecule has 2 atom stereocenters. The van der Waals surface area contributed by atoms with Gasteiger partial charge in [0.05, 0.1) is 0 Å². The van der Waals surface area contributed by atoms with Crippen LogP contribution in [0, 0.1) is 5.92 Å². The summed E-state index contributed by atoms with van der Waals surface area (Å²) in [6, 6.07) is 8.96. The Hall–Kier alpha value is -2.57. The number of rotatable bonds is 5. The molecule has 25 heavy (non-hydrogen) atoms. The maximum absolute atomic E-state index is 12.4. The predicted octanol–water partition coefficient (Wildman–Crippen LogP) is 1.04. The Bertz CT molecular complexity index is 634.